The van der Waals surface area contributed by atoms with Crippen molar-refractivity contribution in [2.75, 3.05) is 36.0 Å². The second kappa shape index (κ2) is 7.03. The van der Waals surface area contributed by atoms with Crippen molar-refractivity contribution in [3.05, 3.63) is 45.0 Å². The number of anilines is 2. The minimum Gasteiger partial charge on any atom is -0.352 e. The number of hydrogen-bond donors (Lipinski definition) is 1. The third-order valence-corrected chi connectivity index (χ3v) is 4.08. The molecule has 1 aliphatic heterocycles. The fourth-order valence-corrected chi connectivity index (χ4v) is 2.87. The van der Waals surface area contributed by atoms with Gasteiger partial charge in [0.05, 0.1) is 10.6 Å². The molecule has 0 radical (unpaired) electrons. The maximum atomic E-state index is 12.8. The highest BCUT2D eigenvalue weighted by molar-refractivity contribution is 6.33. The molecule has 0 saturated carbocycles. The zero-order valence-electron chi connectivity index (χ0n) is 12.9. The predicted octanol–water partition coefficient (Wildman–Crippen LogP) is 1.95. The van der Waals surface area contributed by atoms with Crippen LogP contribution in [-0.2, 0) is 0 Å². The van der Waals surface area contributed by atoms with Crippen molar-refractivity contribution in [3.63, 3.8) is 0 Å². The number of H-pyrrole nitrogens is 1. The summed E-state index contributed by atoms with van der Waals surface area (Å²) in [5.41, 5.74) is -0.782. The van der Waals surface area contributed by atoms with Crippen LogP contribution in [0.5, 0.6) is 0 Å². The first-order chi connectivity index (χ1) is 12.0. The number of nitrogens with zero attached hydrogens (tertiary/aromatic N) is 5. The number of aromatic nitrogens is 3. The van der Waals surface area contributed by atoms with Crippen LogP contribution in [0.15, 0.2) is 23.1 Å². The second-order valence-corrected chi connectivity index (χ2v) is 5.82. The molecule has 0 amide bonds. The van der Waals surface area contributed by atoms with Crippen LogP contribution >= 0.6 is 11.6 Å². The average molecular weight is 367 g/mol. The number of aromatic amines is 1. The third-order valence-electron chi connectivity index (χ3n) is 3.80. The monoisotopic (exact) mass is 366 g/mol. The minimum atomic E-state index is -2.80. The molecule has 2 aromatic rings. The molecular weight excluding hydrogens is 354 g/mol. The Morgan fingerprint density at radius 3 is 2.52 bits per heavy atom. The second-order valence-electron chi connectivity index (χ2n) is 5.41. The Kier molecular flexibility index (Phi) is 4.81. The predicted molar refractivity (Wildman–Crippen MR) is 88.2 cm³/mol. The molecule has 1 fully saturated rings. The average Bonchev–Trinajstić information content (AvgIpc) is 2.61. The normalized spacial score (nSPS) is 14.7. The van der Waals surface area contributed by atoms with Crippen molar-refractivity contribution in [1.29, 1.82) is 5.26 Å². The van der Waals surface area contributed by atoms with Crippen molar-refractivity contribution in [1.82, 2.24) is 15.0 Å². The van der Waals surface area contributed by atoms with E-state index in [2.05, 4.69) is 15.0 Å². The summed E-state index contributed by atoms with van der Waals surface area (Å²) >= 11 is 6.16. The van der Waals surface area contributed by atoms with Gasteiger partial charge in [0.25, 0.3) is 12.0 Å². The quantitative estimate of drug-likeness (QED) is 0.893. The highest BCUT2D eigenvalue weighted by atomic mass is 35.5. The summed E-state index contributed by atoms with van der Waals surface area (Å²) < 4.78 is 25.6. The maximum Gasteiger partial charge on any atom is 0.280 e. The zero-order chi connectivity index (χ0) is 18.0. The van der Waals surface area contributed by atoms with E-state index in [1.54, 1.807) is 11.0 Å². The van der Waals surface area contributed by atoms with E-state index >= 15 is 0 Å². The Bertz CT molecular complexity index is 873. The number of pyridine rings is 1. The lowest BCUT2D eigenvalue weighted by atomic mass is 10.2. The molecule has 0 bridgehead atoms. The van der Waals surface area contributed by atoms with E-state index < -0.39 is 17.7 Å². The van der Waals surface area contributed by atoms with Crippen LogP contribution < -0.4 is 15.4 Å². The smallest absolute Gasteiger partial charge is 0.280 e. The van der Waals surface area contributed by atoms with Gasteiger partial charge in [-0.15, -0.1) is 0 Å². The van der Waals surface area contributed by atoms with E-state index in [4.69, 9.17) is 16.9 Å². The van der Waals surface area contributed by atoms with Gasteiger partial charge in [-0.3, -0.25) is 9.78 Å². The first-order valence-corrected chi connectivity index (χ1v) is 7.80. The Morgan fingerprint density at radius 2 is 1.92 bits per heavy atom. The van der Waals surface area contributed by atoms with E-state index in [1.165, 1.54) is 6.20 Å². The summed E-state index contributed by atoms with van der Waals surface area (Å²) in [6.07, 6.45) is -1.36. The Labute approximate surface area is 146 Å². The van der Waals surface area contributed by atoms with Crippen LogP contribution in [-0.4, -0.2) is 41.1 Å². The van der Waals surface area contributed by atoms with Crippen LogP contribution in [0, 0.1) is 11.3 Å². The lowest BCUT2D eigenvalue weighted by Gasteiger charge is -2.36. The number of nitrogens with one attached hydrogen (secondary N) is 1. The molecule has 3 rings (SSSR count). The van der Waals surface area contributed by atoms with Crippen LogP contribution in [0.1, 0.15) is 17.7 Å². The Balaban J connectivity index is 1.74. The van der Waals surface area contributed by atoms with Crippen LogP contribution in [0.2, 0.25) is 5.02 Å². The molecule has 7 nitrogen and oxygen atoms in total. The summed E-state index contributed by atoms with van der Waals surface area (Å²) in [6, 6.07) is 4.31. The molecule has 0 aromatic carbocycles. The number of piperazine rings is 1. The van der Waals surface area contributed by atoms with Gasteiger partial charge in [-0.25, -0.2) is 18.7 Å². The van der Waals surface area contributed by atoms with Gasteiger partial charge in [-0.1, -0.05) is 11.6 Å². The molecule has 1 aliphatic rings. The largest absolute Gasteiger partial charge is 0.352 e. The van der Waals surface area contributed by atoms with Gasteiger partial charge in [-0.05, 0) is 6.07 Å². The van der Waals surface area contributed by atoms with Crippen molar-refractivity contribution >= 4 is 23.4 Å². The molecule has 0 spiro atoms. The fraction of sp³-hybridized carbons (Fsp3) is 0.333. The van der Waals surface area contributed by atoms with Gasteiger partial charge in [0, 0.05) is 38.4 Å². The number of nitriles is 1. The number of hydrogen-bond acceptors (Lipinski definition) is 6. The molecule has 0 unspecified atom stereocenters. The van der Waals surface area contributed by atoms with E-state index in [-0.39, 0.29) is 5.95 Å². The highest BCUT2D eigenvalue weighted by Crippen LogP contribution is 2.25. The third kappa shape index (κ3) is 3.69. The van der Waals surface area contributed by atoms with Crippen LogP contribution in [0.3, 0.4) is 0 Å². The van der Waals surface area contributed by atoms with Gasteiger partial charge in [0.1, 0.15) is 17.6 Å². The molecule has 3 heterocycles. The van der Waals surface area contributed by atoms with E-state index in [0.29, 0.717) is 42.6 Å². The number of halogens is 3. The minimum absolute atomic E-state index is 0.126. The summed E-state index contributed by atoms with van der Waals surface area (Å²) in [7, 11) is 0. The Morgan fingerprint density at radius 1 is 1.24 bits per heavy atom. The van der Waals surface area contributed by atoms with Crippen LogP contribution in [0.4, 0.5) is 20.5 Å². The fourth-order valence-electron chi connectivity index (χ4n) is 2.58. The van der Waals surface area contributed by atoms with E-state index in [1.807, 2.05) is 11.0 Å². The Hall–Kier alpha value is -2.73. The standard InChI is InChI=1S/C15H13ClF2N6O/c16-10-5-9(7-19)8-20-14(10)23-1-3-24(4-2-23)15-21-11(13(17)18)6-12(25)22-15/h5-6,8,13H,1-4H2,(H,21,22,25). The summed E-state index contributed by atoms with van der Waals surface area (Å²) in [5, 5.41) is 9.22. The maximum absolute atomic E-state index is 12.8. The van der Waals surface area contributed by atoms with Crippen molar-refractivity contribution < 1.29 is 8.78 Å². The van der Waals surface area contributed by atoms with E-state index in [9.17, 15) is 13.6 Å². The van der Waals surface area contributed by atoms with Crippen LogP contribution in [0.25, 0.3) is 0 Å². The van der Waals surface area contributed by atoms with Crippen molar-refractivity contribution in [2.45, 2.75) is 6.43 Å². The van der Waals surface area contributed by atoms with Gasteiger partial charge in [-0.2, -0.15) is 5.26 Å². The summed E-state index contributed by atoms with van der Waals surface area (Å²) in [4.78, 5) is 25.7. The number of rotatable bonds is 3. The molecule has 0 aliphatic carbocycles. The molecule has 1 N–H and O–H groups in total. The molecule has 130 valence electrons. The lowest BCUT2D eigenvalue weighted by Crippen LogP contribution is -2.48. The summed E-state index contributed by atoms with van der Waals surface area (Å²) in [6.45, 7) is 1.93. The van der Waals surface area contributed by atoms with Crippen molar-refractivity contribution in [2.24, 2.45) is 0 Å². The SMILES string of the molecule is N#Cc1cnc(N2CCN(c3nc(C(F)F)cc(=O)[nH]3)CC2)c(Cl)c1. The van der Waals surface area contributed by atoms with Gasteiger partial charge in [0.2, 0.25) is 5.95 Å². The molecular formula is C15H13ClF2N6O. The molecule has 1 saturated heterocycles. The zero-order valence-corrected chi connectivity index (χ0v) is 13.7. The lowest BCUT2D eigenvalue weighted by molar-refractivity contribution is 0.146. The molecule has 25 heavy (non-hydrogen) atoms. The molecule has 2 aromatic heterocycles. The van der Waals surface area contributed by atoms with Crippen molar-refractivity contribution in [3.8, 4) is 6.07 Å². The molecule has 0 atom stereocenters. The van der Waals surface area contributed by atoms with Gasteiger partial charge >= 0.3 is 0 Å². The molecule has 10 heteroatoms. The highest BCUT2D eigenvalue weighted by Gasteiger charge is 2.23. The van der Waals surface area contributed by atoms with Gasteiger partial charge < -0.3 is 9.80 Å². The first-order valence-electron chi connectivity index (χ1n) is 7.43. The first kappa shape index (κ1) is 17.1. The number of alkyl halides is 2. The van der Waals surface area contributed by atoms with E-state index in [0.717, 1.165) is 6.07 Å². The van der Waals surface area contributed by atoms with Gasteiger partial charge in [0.15, 0.2) is 0 Å². The topological polar surface area (TPSA) is 88.9 Å². The summed E-state index contributed by atoms with van der Waals surface area (Å²) in [5.74, 6) is 0.685.